The highest BCUT2D eigenvalue weighted by atomic mass is 16.5. The molecular formula is C23H20O2. The predicted octanol–water partition coefficient (Wildman–Crippen LogP) is 5.60. The van der Waals surface area contributed by atoms with Crippen LogP contribution in [-0.2, 0) is 6.42 Å². The van der Waals surface area contributed by atoms with Crippen LogP contribution in [0, 0.1) is 0 Å². The molecule has 2 heteroatoms. The molecular weight excluding hydrogens is 308 g/mol. The van der Waals surface area contributed by atoms with E-state index in [1.54, 1.807) is 14.2 Å². The normalized spacial score (nSPS) is 11.0. The Bertz CT molecular complexity index is 1050. The molecule has 0 fully saturated rings. The van der Waals surface area contributed by atoms with Gasteiger partial charge in [-0.3, -0.25) is 0 Å². The maximum atomic E-state index is 5.44. The SMILES string of the molecule is COc1cc2ccc(Cc3cccc4ccccc34)cc2cc1OC. The molecule has 0 atom stereocenters. The zero-order valence-corrected chi connectivity index (χ0v) is 14.5. The van der Waals surface area contributed by atoms with Gasteiger partial charge in [0.1, 0.15) is 0 Å². The molecule has 0 N–H and O–H groups in total. The summed E-state index contributed by atoms with van der Waals surface area (Å²) < 4.78 is 10.8. The first-order chi connectivity index (χ1) is 12.3. The summed E-state index contributed by atoms with van der Waals surface area (Å²) in [6.07, 6.45) is 0.908. The maximum absolute atomic E-state index is 5.44. The number of rotatable bonds is 4. The number of hydrogen-bond donors (Lipinski definition) is 0. The van der Waals surface area contributed by atoms with Crippen LogP contribution in [0.25, 0.3) is 21.5 Å². The molecule has 0 radical (unpaired) electrons. The topological polar surface area (TPSA) is 18.5 Å². The van der Waals surface area contributed by atoms with Crippen LogP contribution < -0.4 is 9.47 Å². The highest BCUT2D eigenvalue weighted by Gasteiger charge is 2.07. The molecule has 4 rings (SSSR count). The third-order valence-electron chi connectivity index (χ3n) is 4.68. The molecule has 0 spiro atoms. The lowest BCUT2D eigenvalue weighted by atomic mass is 9.97. The van der Waals surface area contributed by atoms with E-state index in [1.165, 1.54) is 21.9 Å². The Hall–Kier alpha value is -3.00. The van der Waals surface area contributed by atoms with Crippen LogP contribution in [0.5, 0.6) is 11.5 Å². The number of benzene rings is 4. The molecule has 0 aromatic heterocycles. The quantitative estimate of drug-likeness (QED) is 0.485. The van der Waals surface area contributed by atoms with Crippen LogP contribution in [0.3, 0.4) is 0 Å². The Morgan fingerprint density at radius 3 is 2.16 bits per heavy atom. The van der Waals surface area contributed by atoms with Crippen molar-refractivity contribution in [3.05, 3.63) is 83.9 Å². The number of ether oxygens (including phenoxy) is 2. The van der Waals surface area contributed by atoms with E-state index in [0.717, 1.165) is 28.7 Å². The highest BCUT2D eigenvalue weighted by molar-refractivity contribution is 5.88. The van der Waals surface area contributed by atoms with E-state index in [2.05, 4.69) is 60.7 Å². The molecule has 0 aliphatic carbocycles. The van der Waals surface area contributed by atoms with Crippen molar-refractivity contribution in [3.63, 3.8) is 0 Å². The molecule has 0 heterocycles. The smallest absolute Gasteiger partial charge is 0.161 e. The van der Waals surface area contributed by atoms with Gasteiger partial charge in [-0.05, 0) is 51.2 Å². The van der Waals surface area contributed by atoms with E-state index >= 15 is 0 Å². The van der Waals surface area contributed by atoms with Gasteiger partial charge >= 0.3 is 0 Å². The minimum atomic E-state index is 0.761. The first kappa shape index (κ1) is 15.5. The maximum Gasteiger partial charge on any atom is 0.161 e. The van der Waals surface area contributed by atoms with Gasteiger partial charge in [-0.15, -0.1) is 0 Å². The Kier molecular flexibility index (Phi) is 4.02. The molecule has 0 saturated carbocycles. The summed E-state index contributed by atoms with van der Waals surface area (Å²) in [5, 5.41) is 4.92. The van der Waals surface area contributed by atoms with Crippen molar-refractivity contribution < 1.29 is 9.47 Å². The summed E-state index contributed by atoms with van der Waals surface area (Å²) in [5.41, 5.74) is 2.63. The van der Waals surface area contributed by atoms with E-state index in [-0.39, 0.29) is 0 Å². The number of methoxy groups -OCH3 is 2. The molecule has 0 aliphatic rings. The van der Waals surface area contributed by atoms with E-state index in [1.807, 2.05) is 12.1 Å². The number of fused-ring (bicyclic) bond motifs is 2. The molecule has 2 nitrogen and oxygen atoms in total. The van der Waals surface area contributed by atoms with E-state index in [0.29, 0.717) is 0 Å². The lowest BCUT2D eigenvalue weighted by molar-refractivity contribution is 0.356. The van der Waals surface area contributed by atoms with Crippen LogP contribution in [0.15, 0.2) is 72.8 Å². The van der Waals surface area contributed by atoms with Gasteiger partial charge in [0, 0.05) is 0 Å². The summed E-state index contributed by atoms with van der Waals surface area (Å²) >= 11 is 0. The van der Waals surface area contributed by atoms with Crippen molar-refractivity contribution in [1.82, 2.24) is 0 Å². The van der Waals surface area contributed by atoms with E-state index in [9.17, 15) is 0 Å². The molecule has 25 heavy (non-hydrogen) atoms. The fourth-order valence-corrected chi connectivity index (χ4v) is 3.40. The monoisotopic (exact) mass is 328 g/mol. The fraction of sp³-hybridized carbons (Fsp3) is 0.130. The standard InChI is InChI=1S/C23H20O2/c1-24-22-14-18-11-10-16(13-20(18)15-23(22)25-2)12-19-8-5-7-17-6-3-4-9-21(17)19/h3-11,13-15H,12H2,1-2H3. The zero-order valence-electron chi connectivity index (χ0n) is 14.5. The van der Waals surface area contributed by atoms with Crippen molar-refractivity contribution in [2.75, 3.05) is 14.2 Å². The van der Waals surface area contributed by atoms with Crippen LogP contribution in [0.2, 0.25) is 0 Å². The van der Waals surface area contributed by atoms with Crippen molar-refractivity contribution >= 4 is 21.5 Å². The molecule has 0 unspecified atom stereocenters. The molecule has 0 bridgehead atoms. The van der Waals surface area contributed by atoms with Gasteiger partial charge in [0.05, 0.1) is 14.2 Å². The largest absolute Gasteiger partial charge is 0.493 e. The Balaban J connectivity index is 1.76. The van der Waals surface area contributed by atoms with Crippen molar-refractivity contribution in [3.8, 4) is 11.5 Å². The Morgan fingerprint density at radius 1 is 0.640 bits per heavy atom. The summed E-state index contributed by atoms with van der Waals surface area (Å²) in [6, 6.07) is 25.7. The van der Waals surface area contributed by atoms with Gasteiger partial charge in [0.2, 0.25) is 0 Å². The van der Waals surface area contributed by atoms with Crippen molar-refractivity contribution in [1.29, 1.82) is 0 Å². The van der Waals surface area contributed by atoms with Gasteiger partial charge in [-0.1, -0.05) is 60.7 Å². The molecule has 4 aromatic carbocycles. The lowest BCUT2D eigenvalue weighted by Gasteiger charge is -2.11. The first-order valence-electron chi connectivity index (χ1n) is 8.40. The van der Waals surface area contributed by atoms with Crippen LogP contribution in [0.1, 0.15) is 11.1 Å². The fourth-order valence-electron chi connectivity index (χ4n) is 3.40. The minimum Gasteiger partial charge on any atom is -0.493 e. The Labute approximate surface area is 147 Å². The van der Waals surface area contributed by atoms with Crippen LogP contribution in [0.4, 0.5) is 0 Å². The summed E-state index contributed by atoms with van der Waals surface area (Å²) in [4.78, 5) is 0. The highest BCUT2D eigenvalue weighted by Crippen LogP contribution is 2.33. The molecule has 0 aliphatic heterocycles. The molecule has 4 aromatic rings. The van der Waals surface area contributed by atoms with Gasteiger partial charge < -0.3 is 9.47 Å². The second kappa shape index (κ2) is 6.48. The van der Waals surface area contributed by atoms with Gasteiger partial charge in [0.15, 0.2) is 11.5 Å². The van der Waals surface area contributed by atoms with Gasteiger partial charge in [0.25, 0.3) is 0 Å². The third kappa shape index (κ3) is 2.91. The van der Waals surface area contributed by atoms with Crippen LogP contribution in [-0.4, -0.2) is 14.2 Å². The molecule has 0 amide bonds. The first-order valence-corrected chi connectivity index (χ1v) is 8.40. The minimum absolute atomic E-state index is 0.761. The van der Waals surface area contributed by atoms with Gasteiger partial charge in [-0.25, -0.2) is 0 Å². The average Bonchev–Trinajstić information content (AvgIpc) is 2.67. The second-order valence-electron chi connectivity index (χ2n) is 6.20. The summed E-state index contributed by atoms with van der Waals surface area (Å²) in [5.74, 6) is 1.52. The third-order valence-corrected chi connectivity index (χ3v) is 4.68. The summed E-state index contributed by atoms with van der Waals surface area (Å²) in [6.45, 7) is 0. The zero-order chi connectivity index (χ0) is 17.2. The van der Waals surface area contributed by atoms with Crippen molar-refractivity contribution in [2.24, 2.45) is 0 Å². The number of hydrogen-bond acceptors (Lipinski definition) is 2. The van der Waals surface area contributed by atoms with E-state index < -0.39 is 0 Å². The average molecular weight is 328 g/mol. The summed E-state index contributed by atoms with van der Waals surface area (Å²) in [7, 11) is 3.34. The lowest BCUT2D eigenvalue weighted by Crippen LogP contribution is -1.92. The molecule has 0 saturated heterocycles. The van der Waals surface area contributed by atoms with Crippen LogP contribution >= 0.6 is 0 Å². The second-order valence-corrected chi connectivity index (χ2v) is 6.20. The molecule has 124 valence electrons. The van der Waals surface area contributed by atoms with Crippen molar-refractivity contribution in [2.45, 2.75) is 6.42 Å². The predicted molar refractivity (Wildman–Crippen MR) is 104 cm³/mol. The Morgan fingerprint density at radius 2 is 1.36 bits per heavy atom. The van der Waals surface area contributed by atoms with E-state index in [4.69, 9.17) is 9.47 Å². The van der Waals surface area contributed by atoms with Gasteiger partial charge in [-0.2, -0.15) is 0 Å².